The Labute approximate surface area is 155 Å². The van der Waals surface area contributed by atoms with Gasteiger partial charge in [-0.1, -0.05) is 18.2 Å². The van der Waals surface area contributed by atoms with Crippen molar-refractivity contribution in [1.82, 2.24) is 20.2 Å². The monoisotopic (exact) mass is 362 g/mol. The van der Waals surface area contributed by atoms with Gasteiger partial charge in [-0.2, -0.15) is 0 Å². The Balaban J connectivity index is 1.66. The fourth-order valence-corrected chi connectivity index (χ4v) is 2.44. The molecule has 0 aliphatic heterocycles. The van der Waals surface area contributed by atoms with Crippen molar-refractivity contribution >= 4 is 29.3 Å². The molecule has 2 N–H and O–H groups in total. The van der Waals surface area contributed by atoms with Crippen molar-refractivity contribution in [2.75, 3.05) is 10.6 Å². The van der Waals surface area contributed by atoms with Crippen LogP contribution in [-0.4, -0.2) is 32.0 Å². The molecule has 0 saturated carbocycles. The molecular weight excluding hydrogens is 344 g/mol. The summed E-state index contributed by atoms with van der Waals surface area (Å²) >= 11 is 0. The topological polar surface area (TPSA) is 102 Å². The summed E-state index contributed by atoms with van der Waals surface area (Å²) in [5.41, 5.74) is 3.96. The summed E-state index contributed by atoms with van der Waals surface area (Å²) < 4.78 is 1.54. The lowest BCUT2D eigenvalue weighted by Crippen LogP contribution is -2.09. The van der Waals surface area contributed by atoms with Gasteiger partial charge in [-0.3, -0.25) is 9.59 Å². The van der Waals surface area contributed by atoms with E-state index in [1.807, 2.05) is 31.2 Å². The van der Waals surface area contributed by atoms with E-state index < -0.39 is 0 Å². The van der Waals surface area contributed by atoms with Crippen molar-refractivity contribution in [2.24, 2.45) is 0 Å². The minimum Gasteiger partial charge on any atom is -0.326 e. The molecule has 0 saturated heterocycles. The number of rotatable bonds is 5. The average Bonchev–Trinajstić information content (AvgIpc) is 3.17. The first kappa shape index (κ1) is 18.0. The molecule has 27 heavy (non-hydrogen) atoms. The summed E-state index contributed by atoms with van der Waals surface area (Å²) in [6.07, 6.45) is 4.64. The third kappa shape index (κ3) is 4.85. The molecule has 2 aromatic carbocycles. The number of benzene rings is 2. The fourth-order valence-electron chi connectivity index (χ4n) is 2.44. The number of amides is 2. The third-order valence-corrected chi connectivity index (χ3v) is 3.73. The Morgan fingerprint density at radius 1 is 1.04 bits per heavy atom. The number of aryl methyl sites for hydroxylation is 1. The van der Waals surface area contributed by atoms with Gasteiger partial charge in [0, 0.05) is 24.4 Å². The van der Waals surface area contributed by atoms with Crippen molar-refractivity contribution in [2.45, 2.75) is 13.8 Å². The molecule has 1 heterocycles. The normalized spacial score (nSPS) is 10.7. The van der Waals surface area contributed by atoms with E-state index in [0.29, 0.717) is 11.4 Å². The Bertz CT molecular complexity index is 978. The lowest BCUT2D eigenvalue weighted by molar-refractivity contribution is -0.114. The molecule has 1 aromatic heterocycles. The van der Waals surface area contributed by atoms with Crippen molar-refractivity contribution < 1.29 is 9.59 Å². The molecular formula is C19H18N6O2. The Morgan fingerprint density at radius 3 is 2.44 bits per heavy atom. The van der Waals surface area contributed by atoms with E-state index in [0.717, 1.165) is 16.8 Å². The maximum Gasteiger partial charge on any atom is 0.248 e. The summed E-state index contributed by atoms with van der Waals surface area (Å²) in [6.45, 7) is 3.39. The van der Waals surface area contributed by atoms with Crippen molar-refractivity contribution in [1.29, 1.82) is 0 Å². The van der Waals surface area contributed by atoms with E-state index in [9.17, 15) is 9.59 Å². The molecule has 136 valence electrons. The predicted molar refractivity (Wildman–Crippen MR) is 102 cm³/mol. The number of carbonyl (C=O) groups is 2. The van der Waals surface area contributed by atoms with Crippen LogP contribution in [0.4, 0.5) is 11.4 Å². The summed E-state index contributed by atoms with van der Waals surface area (Å²) in [4.78, 5) is 23.2. The zero-order valence-corrected chi connectivity index (χ0v) is 14.9. The van der Waals surface area contributed by atoms with E-state index in [1.165, 1.54) is 24.0 Å². The summed E-state index contributed by atoms with van der Waals surface area (Å²) in [5, 5.41) is 16.6. The van der Waals surface area contributed by atoms with Crippen LogP contribution in [0.5, 0.6) is 0 Å². The van der Waals surface area contributed by atoms with Gasteiger partial charge in [0.05, 0.1) is 5.69 Å². The minimum absolute atomic E-state index is 0.128. The highest BCUT2D eigenvalue weighted by Gasteiger charge is 2.06. The predicted octanol–water partition coefficient (Wildman–Crippen LogP) is 2.58. The van der Waals surface area contributed by atoms with Gasteiger partial charge < -0.3 is 10.6 Å². The number of nitrogens with one attached hydrogen (secondary N) is 2. The first-order valence-electron chi connectivity index (χ1n) is 8.22. The van der Waals surface area contributed by atoms with Crippen molar-refractivity contribution in [3.63, 3.8) is 0 Å². The highest BCUT2D eigenvalue weighted by Crippen LogP contribution is 2.18. The van der Waals surface area contributed by atoms with Crippen LogP contribution in [0.1, 0.15) is 18.1 Å². The number of hydrogen-bond acceptors (Lipinski definition) is 5. The first-order valence-corrected chi connectivity index (χ1v) is 8.22. The van der Waals surface area contributed by atoms with E-state index in [1.54, 1.807) is 24.3 Å². The summed E-state index contributed by atoms with van der Waals surface area (Å²) in [5.74, 6) is -0.385. The van der Waals surface area contributed by atoms with Crippen LogP contribution in [0.2, 0.25) is 0 Å². The zero-order valence-electron chi connectivity index (χ0n) is 14.9. The number of nitrogens with zero attached hydrogens (tertiary/aromatic N) is 4. The second-order valence-corrected chi connectivity index (χ2v) is 5.88. The van der Waals surface area contributed by atoms with Crippen LogP contribution < -0.4 is 10.6 Å². The SMILES string of the molecule is CC(=O)Nc1ccc(/C=C/C(=O)Nc2ccc(C)c(-n3cnnn3)c2)cc1. The molecule has 3 rings (SSSR count). The number of anilines is 2. The van der Waals surface area contributed by atoms with Crippen LogP contribution in [0.25, 0.3) is 11.8 Å². The van der Waals surface area contributed by atoms with Crippen LogP contribution in [0.15, 0.2) is 54.9 Å². The van der Waals surface area contributed by atoms with Gasteiger partial charge in [0.25, 0.3) is 0 Å². The maximum atomic E-state index is 12.2. The second-order valence-electron chi connectivity index (χ2n) is 5.88. The third-order valence-electron chi connectivity index (χ3n) is 3.73. The smallest absolute Gasteiger partial charge is 0.248 e. The van der Waals surface area contributed by atoms with Gasteiger partial charge in [-0.15, -0.1) is 5.10 Å². The molecule has 0 bridgehead atoms. The van der Waals surface area contributed by atoms with Gasteiger partial charge in [0.2, 0.25) is 11.8 Å². The van der Waals surface area contributed by atoms with Crippen molar-refractivity contribution in [3.8, 4) is 5.69 Å². The van der Waals surface area contributed by atoms with Crippen LogP contribution in [-0.2, 0) is 9.59 Å². The molecule has 0 spiro atoms. The maximum absolute atomic E-state index is 12.2. The number of aromatic nitrogens is 4. The summed E-state index contributed by atoms with van der Waals surface area (Å²) in [7, 11) is 0. The molecule has 0 aliphatic rings. The molecule has 0 fully saturated rings. The highest BCUT2D eigenvalue weighted by atomic mass is 16.2. The van der Waals surface area contributed by atoms with Crippen LogP contribution >= 0.6 is 0 Å². The van der Waals surface area contributed by atoms with Gasteiger partial charge in [0.15, 0.2) is 0 Å². The lowest BCUT2D eigenvalue weighted by atomic mass is 10.1. The van der Waals surface area contributed by atoms with Gasteiger partial charge in [0.1, 0.15) is 6.33 Å². The highest BCUT2D eigenvalue weighted by molar-refractivity contribution is 6.02. The van der Waals surface area contributed by atoms with Crippen LogP contribution in [0.3, 0.4) is 0 Å². The number of carbonyl (C=O) groups excluding carboxylic acids is 2. The first-order chi connectivity index (χ1) is 13.0. The van der Waals surface area contributed by atoms with E-state index in [4.69, 9.17) is 0 Å². The van der Waals surface area contributed by atoms with E-state index >= 15 is 0 Å². The lowest BCUT2D eigenvalue weighted by Gasteiger charge is -2.08. The Morgan fingerprint density at radius 2 is 1.78 bits per heavy atom. The Kier molecular flexibility index (Phi) is 5.36. The standard InChI is InChI=1S/C19H18N6O2/c1-13-3-7-17(11-18(13)25-12-20-23-24-25)22-19(27)10-6-15-4-8-16(9-5-15)21-14(2)26/h3-12H,1-2H3,(H,21,26)(H,22,27)/b10-6+. The summed E-state index contributed by atoms with van der Waals surface area (Å²) in [6, 6.07) is 12.7. The zero-order chi connectivity index (χ0) is 19.2. The number of tetrazole rings is 1. The minimum atomic E-state index is -0.257. The average molecular weight is 362 g/mol. The van der Waals surface area contributed by atoms with Gasteiger partial charge >= 0.3 is 0 Å². The largest absolute Gasteiger partial charge is 0.326 e. The molecule has 8 heteroatoms. The van der Waals surface area contributed by atoms with E-state index in [-0.39, 0.29) is 11.8 Å². The van der Waals surface area contributed by atoms with Crippen LogP contribution in [0, 0.1) is 6.92 Å². The van der Waals surface area contributed by atoms with Gasteiger partial charge in [-0.05, 0) is 58.8 Å². The second kappa shape index (κ2) is 8.05. The van der Waals surface area contributed by atoms with E-state index in [2.05, 4.69) is 26.2 Å². The molecule has 2 amide bonds. The quantitative estimate of drug-likeness (QED) is 0.679. The Hall–Kier alpha value is -3.81. The number of hydrogen-bond donors (Lipinski definition) is 2. The van der Waals surface area contributed by atoms with Crippen molar-refractivity contribution in [3.05, 3.63) is 66.0 Å². The fraction of sp³-hybridized carbons (Fsp3) is 0.105. The molecule has 0 aliphatic carbocycles. The van der Waals surface area contributed by atoms with Gasteiger partial charge in [-0.25, -0.2) is 4.68 Å². The molecule has 0 atom stereocenters. The molecule has 3 aromatic rings. The molecule has 0 radical (unpaired) electrons. The molecule has 0 unspecified atom stereocenters. The molecule has 8 nitrogen and oxygen atoms in total.